The van der Waals surface area contributed by atoms with Gasteiger partial charge in [-0.05, 0) is 29.6 Å². The number of ketones is 1. The number of carbonyl (C=O) groups excluding carboxylic acids is 4. The zero-order valence-corrected chi connectivity index (χ0v) is 18.6. The zero-order valence-electron chi connectivity index (χ0n) is 17.0. The molecule has 0 atom stereocenters. The van der Waals surface area contributed by atoms with Gasteiger partial charge in [-0.2, -0.15) is 0 Å². The average molecular weight is 471 g/mol. The highest BCUT2D eigenvalue weighted by atomic mass is 35.5. The summed E-state index contributed by atoms with van der Waals surface area (Å²) in [5, 5.41) is 4.75. The summed E-state index contributed by atoms with van der Waals surface area (Å²) in [5.74, 6) is -2.12. The molecule has 0 bridgehead atoms. The van der Waals surface area contributed by atoms with Crippen LogP contribution in [0.5, 0.6) is 0 Å². The molecule has 0 aliphatic carbocycles. The summed E-state index contributed by atoms with van der Waals surface area (Å²) in [7, 11) is 1.41. The second kappa shape index (κ2) is 10.7. The lowest BCUT2D eigenvalue weighted by molar-refractivity contribution is -0.136. The fourth-order valence-electron chi connectivity index (χ4n) is 2.77. The van der Waals surface area contributed by atoms with Crippen LogP contribution >= 0.6 is 22.9 Å². The molecular weight excluding hydrogens is 452 g/mol. The number of nitrogens with zero attached hydrogens (tertiary/aromatic N) is 1. The van der Waals surface area contributed by atoms with Gasteiger partial charge in [-0.15, -0.1) is 11.3 Å². The number of thiophene rings is 1. The Hall–Kier alpha value is -3.49. The Bertz CT molecular complexity index is 1150. The molecule has 164 valence electrons. The SMILES string of the molecule is CN(CC(=O)Nc1ccccc1Cl)C(=O)COC(=O)c1ccccc1C(=O)c1cccs1. The van der Waals surface area contributed by atoms with Crippen LogP contribution in [0, 0.1) is 0 Å². The Balaban J connectivity index is 1.57. The molecule has 9 heteroatoms. The lowest BCUT2D eigenvalue weighted by Crippen LogP contribution is -2.37. The van der Waals surface area contributed by atoms with E-state index in [4.69, 9.17) is 16.3 Å². The van der Waals surface area contributed by atoms with Crippen molar-refractivity contribution in [2.75, 3.05) is 25.5 Å². The lowest BCUT2D eigenvalue weighted by Gasteiger charge is -2.17. The number of rotatable bonds is 8. The Kier molecular flexibility index (Phi) is 7.75. The van der Waals surface area contributed by atoms with Gasteiger partial charge < -0.3 is 15.0 Å². The maximum absolute atomic E-state index is 12.6. The first-order valence-electron chi connectivity index (χ1n) is 9.49. The van der Waals surface area contributed by atoms with Crippen molar-refractivity contribution in [3.63, 3.8) is 0 Å². The molecule has 1 N–H and O–H groups in total. The van der Waals surface area contributed by atoms with Gasteiger partial charge in [-0.1, -0.05) is 48.0 Å². The summed E-state index contributed by atoms with van der Waals surface area (Å²) in [6, 6.07) is 16.4. The van der Waals surface area contributed by atoms with E-state index in [9.17, 15) is 19.2 Å². The van der Waals surface area contributed by atoms with Gasteiger partial charge in [0.25, 0.3) is 5.91 Å². The van der Waals surface area contributed by atoms with Crippen molar-refractivity contribution in [2.24, 2.45) is 0 Å². The first-order chi connectivity index (χ1) is 15.4. The Morgan fingerprint density at radius 3 is 2.34 bits per heavy atom. The number of amides is 2. The number of nitrogens with one attached hydrogen (secondary N) is 1. The second-order valence-electron chi connectivity index (χ2n) is 6.71. The van der Waals surface area contributed by atoms with Crippen molar-refractivity contribution in [3.8, 4) is 0 Å². The summed E-state index contributed by atoms with van der Waals surface area (Å²) in [5.41, 5.74) is 0.691. The van der Waals surface area contributed by atoms with E-state index < -0.39 is 24.4 Å². The van der Waals surface area contributed by atoms with Crippen molar-refractivity contribution in [2.45, 2.75) is 0 Å². The number of anilines is 1. The summed E-state index contributed by atoms with van der Waals surface area (Å²) in [4.78, 5) is 51.3. The van der Waals surface area contributed by atoms with Crippen LogP contribution in [0.25, 0.3) is 0 Å². The van der Waals surface area contributed by atoms with Crippen molar-refractivity contribution >= 4 is 52.2 Å². The smallest absolute Gasteiger partial charge is 0.339 e. The number of likely N-dealkylation sites (N-methyl/N-ethyl adjacent to an activating group) is 1. The predicted molar refractivity (Wildman–Crippen MR) is 122 cm³/mol. The number of hydrogen-bond donors (Lipinski definition) is 1. The molecule has 0 radical (unpaired) electrons. The predicted octanol–water partition coefficient (Wildman–Crippen LogP) is 3.89. The van der Waals surface area contributed by atoms with Gasteiger partial charge >= 0.3 is 5.97 Å². The molecule has 0 unspecified atom stereocenters. The third-order valence-corrected chi connectivity index (χ3v) is 5.62. The van der Waals surface area contributed by atoms with E-state index in [2.05, 4.69) is 5.32 Å². The van der Waals surface area contributed by atoms with E-state index in [0.717, 1.165) is 4.90 Å². The largest absolute Gasteiger partial charge is 0.452 e. The summed E-state index contributed by atoms with van der Waals surface area (Å²) in [6.45, 7) is -0.828. The van der Waals surface area contributed by atoms with Crippen LogP contribution < -0.4 is 5.32 Å². The molecule has 7 nitrogen and oxygen atoms in total. The molecule has 1 aromatic heterocycles. The van der Waals surface area contributed by atoms with E-state index in [1.807, 2.05) is 0 Å². The molecule has 0 spiro atoms. The minimum Gasteiger partial charge on any atom is -0.452 e. The number of halogens is 1. The number of para-hydroxylation sites is 1. The highest BCUT2D eigenvalue weighted by Crippen LogP contribution is 2.21. The van der Waals surface area contributed by atoms with Crippen LogP contribution in [0.1, 0.15) is 25.6 Å². The molecule has 2 amide bonds. The molecule has 1 heterocycles. The fourth-order valence-corrected chi connectivity index (χ4v) is 3.63. The minimum absolute atomic E-state index is 0.0674. The Morgan fingerprint density at radius 2 is 1.66 bits per heavy atom. The van der Waals surface area contributed by atoms with Gasteiger partial charge in [-0.3, -0.25) is 14.4 Å². The molecule has 2 aromatic carbocycles. The van der Waals surface area contributed by atoms with Crippen molar-refractivity contribution in [3.05, 3.63) is 87.1 Å². The van der Waals surface area contributed by atoms with Gasteiger partial charge in [0.15, 0.2) is 6.61 Å². The maximum atomic E-state index is 12.6. The van der Waals surface area contributed by atoms with Crippen molar-refractivity contribution < 1.29 is 23.9 Å². The van der Waals surface area contributed by atoms with Crippen LogP contribution in [-0.4, -0.2) is 48.7 Å². The maximum Gasteiger partial charge on any atom is 0.339 e. The number of benzene rings is 2. The normalized spacial score (nSPS) is 10.3. The van der Waals surface area contributed by atoms with E-state index in [1.165, 1.54) is 30.5 Å². The highest BCUT2D eigenvalue weighted by molar-refractivity contribution is 7.12. The number of hydrogen-bond acceptors (Lipinski definition) is 6. The van der Waals surface area contributed by atoms with Gasteiger partial charge in [0.05, 0.1) is 27.7 Å². The zero-order chi connectivity index (χ0) is 23.1. The van der Waals surface area contributed by atoms with Gasteiger partial charge in [0.1, 0.15) is 0 Å². The molecule has 3 aromatic rings. The Labute approximate surface area is 193 Å². The first-order valence-corrected chi connectivity index (χ1v) is 10.7. The topological polar surface area (TPSA) is 92.8 Å². The first kappa shape index (κ1) is 23.2. The number of esters is 1. The number of carbonyl (C=O) groups is 4. The third kappa shape index (κ3) is 5.81. The van der Waals surface area contributed by atoms with E-state index >= 15 is 0 Å². The fraction of sp³-hybridized carbons (Fsp3) is 0.130. The van der Waals surface area contributed by atoms with Gasteiger partial charge in [0.2, 0.25) is 11.7 Å². The highest BCUT2D eigenvalue weighted by Gasteiger charge is 2.21. The van der Waals surface area contributed by atoms with E-state index in [-0.39, 0.29) is 23.5 Å². The van der Waals surface area contributed by atoms with Gasteiger partial charge in [0, 0.05) is 12.6 Å². The second-order valence-corrected chi connectivity index (χ2v) is 8.06. The molecule has 3 rings (SSSR count). The minimum atomic E-state index is -0.798. The van der Waals surface area contributed by atoms with Crippen LogP contribution in [-0.2, 0) is 14.3 Å². The summed E-state index contributed by atoms with van der Waals surface area (Å²) in [6.07, 6.45) is 0. The summed E-state index contributed by atoms with van der Waals surface area (Å²) < 4.78 is 5.11. The Morgan fingerprint density at radius 1 is 0.969 bits per heavy atom. The quantitative estimate of drug-likeness (QED) is 0.398. The molecular formula is C23H19ClN2O5S. The molecule has 0 aliphatic rings. The lowest BCUT2D eigenvalue weighted by atomic mass is 10.0. The van der Waals surface area contributed by atoms with E-state index in [1.54, 1.807) is 53.9 Å². The molecule has 0 saturated carbocycles. The van der Waals surface area contributed by atoms with Crippen molar-refractivity contribution in [1.29, 1.82) is 0 Å². The molecule has 0 fully saturated rings. The number of ether oxygens (including phenoxy) is 1. The standard InChI is InChI=1S/C23H19ClN2O5S/c1-26(13-20(27)25-18-10-5-4-9-17(18)24)21(28)14-31-23(30)16-8-3-2-7-15(16)22(29)19-11-6-12-32-19/h2-12H,13-14H2,1H3,(H,25,27). The third-order valence-electron chi connectivity index (χ3n) is 4.42. The molecule has 32 heavy (non-hydrogen) atoms. The molecule has 0 saturated heterocycles. The van der Waals surface area contributed by atoms with Crippen LogP contribution in [0.3, 0.4) is 0 Å². The van der Waals surface area contributed by atoms with Crippen LogP contribution in [0.15, 0.2) is 66.0 Å². The monoisotopic (exact) mass is 470 g/mol. The van der Waals surface area contributed by atoms with Gasteiger partial charge in [-0.25, -0.2) is 4.79 Å². The molecule has 0 aliphatic heterocycles. The van der Waals surface area contributed by atoms with E-state index in [0.29, 0.717) is 15.6 Å². The average Bonchev–Trinajstić information content (AvgIpc) is 3.33. The van der Waals surface area contributed by atoms with Crippen LogP contribution in [0.2, 0.25) is 5.02 Å². The van der Waals surface area contributed by atoms with Crippen LogP contribution in [0.4, 0.5) is 5.69 Å². The summed E-state index contributed by atoms with van der Waals surface area (Å²) >= 11 is 7.27. The van der Waals surface area contributed by atoms with Crippen molar-refractivity contribution in [1.82, 2.24) is 4.90 Å².